The van der Waals surface area contributed by atoms with Crippen molar-refractivity contribution < 1.29 is 8.42 Å². The van der Waals surface area contributed by atoms with Crippen molar-refractivity contribution in [3.05, 3.63) is 41.2 Å². The van der Waals surface area contributed by atoms with Gasteiger partial charge in [0.15, 0.2) is 0 Å². The molecule has 2 aromatic rings. The van der Waals surface area contributed by atoms with Gasteiger partial charge in [-0.2, -0.15) is 0 Å². The first-order valence-corrected chi connectivity index (χ1v) is 7.81. The van der Waals surface area contributed by atoms with Crippen LogP contribution in [0, 0.1) is 0 Å². The Hall–Kier alpha value is -1.17. The van der Waals surface area contributed by atoms with Gasteiger partial charge in [-0.3, -0.25) is 4.98 Å². The Morgan fingerprint density at radius 3 is 2.79 bits per heavy atom. The summed E-state index contributed by atoms with van der Waals surface area (Å²) < 4.78 is 22.3. The fourth-order valence-corrected chi connectivity index (χ4v) is 3.65. The molecule has 100 valence electrons. The molecule has 1 heterocycles. The van der Waals surface area contributed by atoms with E-state index in [4.69, 9.17) is 16.7 Å². The van der Waals surface area contributed by atoms with Crippen molar-refractivity contribution in [2.24, 2.45) is 5.14 Å². The molecule has 1 aliphatic carbocycles. The third kappa shape index (κ3) is 1.93. The molecule has 0 radical (unpaired) electrons. The van der Waals surface area contributed by atoms with Crippen LogP contribution in [0.25, 0.3) is 10.8 Å². The van der Waals surface area contributed by atoms with E-state index in [0.29, 0.717) is 11.4 Å². The highest BCUT2D eigenvalue weighted by molar-refractivity contribution is 7.90. The van der Waals surface area contributed by atoms with Crippen LogP contribution in [0.3, 0.4) is 0 Å². The van der Waals surface area contributed by atoms with Crippen LogP contribution >= 0.6 is 11.6 Å². The SMILES string of the molecule is CC1(S(N)(=O)=O)CC1c1ccc2cncc(Cl)c2c1. The minimum Gasteiger partial charge on any atom is -0.263 e. The molecule has 0 aliphatic heterocycles. The van der Waals surface area contributed by atoms with E-state index in [1.54, 1.807) is 19.3 Å². The smallest absolute Gasteiger partial charge is 0.215 e. The number of pyridine rings is 1. The van der Waals surface area contributed by atoms with Gasteiger partial charge in [0.1, 0.15) is 0 Å². The molecule has 1 saturated carbocycles. The summed E-state index contributed by atoms with van der Waals surface area (Å²) in [4.78, 5) is 4.02. The van der Waals surface area contributed by atoms with Crippen molar-refractivity contribution in [1.29, 1.82) is 0 Å². The topological polar surface area (TPSA) is 73.1 Å². The first-order chi connectivity index (χ1) is 8.83. The summed E-state index contributed by atoms with van der Waals surface area (Å²) in [6, 6.07) is 5.76. The molecule has 1 fully saturated rings. The standard InChI is InChI=1S/C13H13ClN2O2S/c1-13(19(15,17)18)5-11(13)8-2-3-9-6-16-7-12(14)10(9)4-8/h2-4,6-7,11H,5H2,1H3,(H2,15,17,18). The van der Waals surface area contributed by atoms with Crippen molar-refractivity contribution in [3.8, 4) is 0 Å². The highest BCUT2D eigenvalue weighted by atomic mass is 35.5. The molecular formula is C13H13ClN2O2S. The van der Waals surface area contributed by atoms with Crippen molar-refractivity contribution in [1.82, 2.24) is 4.98 Å². The predicted molar refractivity (Wildman–Crippen MR) is 75.6 cm³/mol. The minimum absolute atomic E-state index is 0.0591. The van der Waals surface area contributed by atoms with Crippen LogP contribution in [-0.2, 0) is 10.0 Å². The fraction of sp³-hybridized carbons (Fsp3) is 0.308. The summed E-state index contributed by atoms with van der Waals surface area (Å²) in [6.07, 6.45) is 3.87. The molecule has 4 nitrogen and oxygen atoms in total. The van der Waals surface area contributed by atoms with Crippen molar-refractivity contribution in [3.63, 3.8) is 0 Å². The number of hydrogen-bond acceptors (Lipinski definition) is 3. The van der Waals surface area contributed by atoms with Crippen molar-refractivity contribution in [2.45, 2.75) is 24.0 Å². The summed E-state index contributed by atoms with van der Waals surface area (Å²) in [5.41, 5.74) is 0.956. The number of fused-ring (bicyclic) bond motifs is 1. The number of rotatable bonds is 2. The normalized spacial score (nSPS) is 26.6. The zero-order valence-corrected chi connectivity index (χ0v) is 11.9. The molecule has 3 rings (SSSR count). The number of nitrogens with zero attached hydrogens (tertiary/aromatic N) is 1. The van der Waals surface area contributed by atoms with Gasteiger partial charge in [-0.25, -0.2) is 13.6 Å². The monoisotopic (exact) mass is 296 g/mol. The molecule has 19 heavy (non-hydrogen) atoms. The summed E-state index contributed by atoms with van der Waals surface area (Å²) in [6.45, 7) is 1.69. The molecule has 1 aromatic carbocycles. The number of halogens is 1. The molecule has 0 bridgehead atoms. The maximum Gasteiger partial charge on any atom is 0.215 e. The summed E-state index contributed by atoms with van der Waals surface area (Å²) in [5.74, 6) is -0.0591. The van der Waals surface area contributed by atoms with Crippen LogP contribution in [0.1, 0.15) is 24.8 Å². The molecule has 0 saturated heterocycles. The van der Waals surface area contributed by atoms with Gasteiger partial charge < -0.3 is 0 Å². The van der Waals surface area contributed by atoms with Gasteiger partial charge in [-0.1, -0.05) is 23.7 Å². The van der Waals surface area contributed by atoms with E-state index < -0.39 is 14.8 Å². The van der Waals surface area contributed by atoms with Crippen LogP contribution in [0.5, 0.6) is 0 Å². The molecule has 1 aliphatic rings. The Morgan fingerprint density at radius 2 is 2.16 bits per heavy atom. The molecule has 2 unspecified atom stereocenters. The number of sulfonamides is 1. The van der Waals surface area contributed by atoms with Gasteiger partial charge in [0, 0.05) is 29.1 Å². The second-order valence-corrected chi connectivity index (χ2v) is 7.65. The highest BCUT2D eigenvalue weighted by Crippen LogP contribution is 2.56. The summed E-state index contributed by atoms with van der Waals surface area (Å²) >= 11 is 6.11. The third-order valence-electron chi connectivity index (χ3n) is 3.97. The zero-order chi connectivity index (χ0) is 13.8. The molecule has 6 heteroatoms. The molecular weight excluding hydrogens is 284 g/mol. The highest BCUT2D eigenvalue weighted by Gasteiger charge is 2.59. The average Bonchev–Trinajstić information content (AvgIpc) is 3.03. The van der Waals surface area contributed by atoms with Gasteiger partial charge >= 0.3 is 0 Å². The van der Waals surface area contributed by atoms with E-state index in [1.807, 2.05) is 18.2 Å². The Bertz CT molecular complexity index is 775. The number of hydrogen-bond donors (Lipinski definition) is 1. The van der Waals surface area contributed by atoms with E-state index in [1.165, 1.54) is 0 Å². The van der Waals surface area contributed by atoms with E-state index in [2.05, 4.69) is 4.98 Å². The van der Waals surface area contributed by atoms with E-state index in [0.717, 1.165) is 16.3 Å². The summed E-state index contributed by atoms with van der Waals surface area (Å²) in [7, 11) is -3.54. The number of aromatic nitrogens is 1. The van der Waals surface area contributed by atoms with Gasteiger partial charge in [-0.15, -0.1) is 0 Å². The predicted octanol–water partition coefficient (Wildman–Crippen LogP) is 2.42. The van der Waals surface area contributed by atoms with Crippen molar-refractivity contribution in [2.75, 3.05) is 0 Å². The van der Waals surface area contributed by atoms with Crippen LogP contribution in [0.2, 0.25) is 5.02 Å². The maximum atomic E-state index is 11.6. The van der Waals surface area contributed by atoms with Crippen LogP contribution in [-0.4, -0.2) is 18.1 Å². The Morgan fingerprint density at radius 1 is 1.42 bits per heavy atom. The molecule has 2 atom stereocenters. The van der Waals surface area contributed by atoms with Gasteiger partial charge in [0.2, 0.25) is 10.0 Å². The molecule has 1 aromatic heterocycles. The average molecular weight is 297 g/mol. The van der Waals surface area contributed by atoms with Crippen molar-refractivity contribution >= 4 is 32.4 Å². The quantitative estimate of drug-likeness (QED) is 0.925. The second kappa shape index (κ2) is 3.91. The van der Waals surface area contributed by atoms with E-state index >= 15 is 0 Å². The Labute approximate surface area is 116 Å². The third-order valence-corrected chi connectivity index (χ3v) is 6.03. The minimum atomic E-state index is -3.54. The lowest BCUT2D eigenvalue weighted by molar-refractivity contribution is 0.581. The van der Waals surface area contributed by atoms with Crippen LogP contribution in [0.15, 0.2) is 30.6 Å². The molecule has 0 spiro atoms. The van der Waals surface area contributed by atoms with Gasteiger partial charge in [-0.05, 0) is 25.0 Å². The first kappa shape index (κ1) is 12.8. The fourth-order valence-electron chi connectivity index (χ4n) is 2.49. The number of nitrogens with two attached hydrogens (primary N) is 1. The number of primary sulfonamides is 1. The van der Waals surface area contributed by atoms with E-state index in [-0.39, 0.29) is 5.92 Å². The van der Waals surface area contributed by atoms with E-state index in [9.17, 15) is 8.42 Å². The Kier molecular flexibility index (Phi) is 2.64. The largest absolute Gasteiger partial charge is 0.263 e. The lowest BCUT2D eigenvalue weighted by Crippen LogP contribution is -2.29. The summed E-state index contributed by atoms with van der Waals surface area (Å²) in [5, 5.41) is 7.67. The van der Waals surface area contributed by atoms with Gasteiger partial charge in [0.05, 0.1) is 9.77 Å². The number of benzene rings is 1. The maximum absolute atomic E-state index is 11.6. The zero-order valence-electron chi connectivity index (χ0n) is 10.3. The van der Waals surface area contributed by atoms with Gasteiger partial charge in [0.25, 0.3) is 0 Å². The first-order valence-electron chi connectivity index (χ1n) is 5.88. The molecule has 0 amide bonds. The second-order valence-electron chi connectivity index (χ2n) is 5.22. The Balaban J connectivity index is 2.08. The van der Waals surface area contributed by atoms with Crippen LogP contribution < -0.4 is 5.14 Å². The lowest BCUT2D eigenvalue weighted by atomic mass is 10.0. The van der Waals surface area contributed by atoms with Crippen LogP contribution in [0.4, 0.5) is 0 Å². The molecule has 2 N–H and O–H groups in total. The lowest BCUT2D eigenvalue weighted by Gasteiger charge is -2.09.